The van der Waals surface area contributed by atoms with Crippen LogP contribution in [-0.2, 0) is 11.2 Å². The molecule has 0 unspecified atom stereocenters. The van der Waals surface area contributed by atoms with Crippen LogP contribution in [0.1, 0.15) is 23.5 Å². The molecular weight excluding hydrogens is 305 g/mol. The van der Waals surface area contributed by atoms with Crippen LogP contribution in [0.25, 0.3) is 0 Å². The number of carbonyl (C=O) groups excluding carboxylic acids is 1. The van der Waals surface area contributed by atoms with Gasteiger partial charge in [-0.3, -0.25) is 4.79 Å². The summed E-state index contributed by atoms with van der Waals surface area (Å²) in [7, 11) is 0. The third-order valence-electron chi connectivity index (χ3n) is 3.63. The highest BCUT2D eigenvalue weighted by Gasteiger charge is 2.52. The zero-order valence-electron chi connectivity index (χ0n) is 11.4. The zero-order chi connectivity index (χ0) is 14.9. The molecule has 2 aromatic rings. The lowest BCUT2D eigenvalue weighted by Gasteiger charge is -2.07. The van der Waals surface area contributed by atoms with Crippen molar-refractivity contribution >= 4 is 34.8 Å². The monoisotopic (exact) mass is 319 g/mol. The van der Waals surface area contributed by atoms with Gasteiger partial charge in [-0.05, 0) is 29.7 Å². The molecule has 1 saturated carbocycles. The molecule has 0 heterocycles. The SMILES string of the molecule is O=C(Cc1ccccc1)Nc1ccc([C@H]2CC2(Cl)Cl)cc1. The van der Waals surface area contributed by atoms with E-state index in [1.807, 2.05) is 54.6 Å². The molecule has 2 aromatic carbocycles. The second kappa shape index (κ2) is 5.70. The number of nitrogens with one attached hydrogen (secondary N) is 1. The van der Waals surface area contributed by atoms with E-state index >= 15 is 0 Å². The van der Waals surface area contributed by atoms with Crippen molar-refractivity contribution in [1.29, 1.82) is 0 Å². The molecule has 4 heteroatoms. The Hall–Kier alpha value is -1.51. The summed E-state index contributed by atoms with van der Waals surface area (Å²) in [5, 5.41) is 2.89. The Kier molecular flexibility index (Phi) is 3.92. The fourth-order valence-electron chi connectivity index (χ4n) is 2.36. The van der Waals surface area contributed by atoms with Gasteiger partial charge in [0, 0.05) is 11.6 Å². The van der Waals surface area contributed by atoms with E-state index in [9.17, 15) is 4.79 Å². The standard InChI is InChI=1S/C17H15Cl2NO/c18-17(19)11-15(17)13-6-8-14(9-7-13)20-16(21)10-12-4-2-1-3-5-12/h1-9,15H,10-11H2,(H,20,21)/t15-/m1/s1. The number of benzene rings is 2. The smallest absolute Gasteiger partial charge is 0.228 e. The summed E-state index contributed by atoms with van der Waals surface area (Å²) in [5.41, 5.74) is 2.90. The summed E-state index contributed by atoms with van der Waals surface area (Å²) in [4.78, 5) is 12.0. The largest absolute Gasteiger partial charge is 0.326 e. The van der Waals surface area contributed by atoms with Crippen molar-refractivity contribution in [3.63, 3.8) is 0 Å². The first-order chi connectivity index (χ1) is 10.0. The van der Waals surface area contributed by atoms with E-state index in [0.717, 1.165) is 23.2 Å². The Labute approximate surface area is 134 Å². The number of alkyl halides is 2. The molecule has 0 bridgehead atoms. The van der Waals surface area contributed by atoms with Crippen LogP contribution in [0.5, 0.6) is 0 Å². The maximum atomic E-state index is 12.0. The molecule has 21 heavy (non-hydrogen) atoms. The minimum atomic E-state index is -0.613. The maximum Gasteiger partial charge on any atom is 0.228 e. The van der Waals surface area contributed by atoms with Crippen molar-refractivity contribution in [3.05, 3.63) is 65.7 Å². The molecule has 1 N–H and O–H groups in total. The predicted octanol–water partition coefficient (Wildman–Crippen LogP) is 4.53. The van der Waals surface area contributed by atoms with Gasteiger partial charge in [-0.1, -0.05) is 42.5 Å². The molecule has 0 spiro atoms. The number of carbonyl (C=O) groups is 1. The second-order valence-corrected chi connectivity index (χ2v) is 6.89. The number of halogens is 2. The van der Waals surface area contributed by atoms with E-state index in [2.05, 4.69) is 5.32 Å². The summed E-state index contributed by atoms with van der Waals surface area (Å²) >= 11 is 12.1. The molecule has 1 amide bonds. The summed E-state index contributed by atoms with van der Waals surface area (Å²) in [6, 6.07) is 17.4. The molecule has 0 saturated heterocycles. The quantitative estimate of drug-likeness (QED) is 0.824. The first-order valence-electron chi connectivity index (χ1n) is 6.86. The summed E-state index contributed by atoms with van der Waals surface area (Å²) in [6.07, 6.45) is 1.16. The molecule has 0 aromatic heterocycles. The first kappa shape index (κ1) is 14.4. The average molecular weight is 320 g/mol. The van der Waals surface area contributed by atoms with Crippen LogP contribution in [0.4, 0.5) is 5.69 Å². The van der Waals surface area contributed by atoms with Crippen LogP contribution in [0.2, 0.25) is 0 Å². The number of anilines is 1. The Bertz CT molecular complexity index is 638. The summed E-state index contributed by atoms with van der Waals surface area (Å²) < 4.78 is -0.613. The van der Waals surface area contributed by atoms with E-state index in [4.69, 9.17) is 23.2 Å². The van der Waals surface area contributed by atoms with Crippen LogP contribution in [0, 0.1) is 0 Å². The normalized spacial score (nSPS) is 19.0. The van der Waals surface area contributed by atoms with Crippen molar-refractivity contribution in [2.24, 2.45) is 0 Å². The first-order valence-corrected chi connectivity index (χ1v) is 7.62. The van der Waals surface area contributed by atoms with Gasteiger partial charge < -0.3 is 5.32 Å². The van der Waals surface area contributed by atoms with Gasteiger partial charge in [0.2, 0.25) is 5.91 Å². The lowest BCUT2D eigenvalue weighted by molar-refractivity contribution is -0.115. The van der Waals surface area contributed by atoms with Crippen LogP contribution < -0.4 is 5.32 Å². The Morgan fingerprint density at radius 1 is 1.10 bits per heavy atom. The van der Waals surface area contributed by atoms with Crippen LogP contribution in [0.3, 0.4) is 0 Å². The Morgan fingerprint density at radius 2 is 1.71 bits per heavy atom. The van der Waals surface area contributed by atoms with Crippen LogP contribution in [-0.4, -0.2) is 10.2 Å². The molecule has 3 rings (SSSR count). The molecule has 1 fully saturated rings. The molecule has 1 aliphatic rings. The molecular formula is C17H15Cl2NO. The van der Waals surface area contributed by atoms with Gasteiger partial charge >= 0.3 is 0 Å². The van der Waals surface area contributed by atoms with Crippen LogP contribution in [0.15, 0.2) is 54.6 Å². The lowest BCUT2D eigenvalue weighted by atomic mass is 10.1. The minimum Gasteiger partial charge on any atom is -0.326 e. The summed E-state index contributed by atoms with van der Waals surface area (Å²) in [6.45, 7) is 0. The van der Waals surface area contributed by atoms with Gasteiger partial charge in [-0.15, -0.1) is 23.2 Å². The lowest BCUT2D eigenvalue weighted by Crippen LogP contribution is -2.14. The molecule has 1 atom stereocenters. The van der Waals surface area contributed by atoms with E-state index in [1.165, 1.54) is 0 Å². The maximum absolute atomic E-state index is 12.0. The van der Waals surface area contributed by atoms with Crippen molar-refractivity contribution in [2.75, 3.05) is 5.32 Å². The van der Waals surface area contributed by atoms with Crippen LogP contribution >= 0.6 is 23.2 Å². The Balaban J connectivity index is 1.59. The van der Waals surface area contributed by atoms with Crippen molar-refractivity contribution in [1.82, 2.24) is 0 Å². The van der Waals surface area contributed by atoms with Crippen molar-refractivity contribution in [2.45, 2.75) is 23.1 Å². The van der Waals surface area contributed by atoms with Crippen molar-refractivity contribution < 1.29 is 4.79 Å². The highest BCUT2D eigenvalue weighted by molar-refractivity contribution is 6.51. The van der Waals surface area contributed by atoms with E-state index in [1.54, 1.807) is 0 Å². The minimum absolute atomic E-state index is 0.0237. The van der Waals surface area contributed by atoms with Gasteiger partial charge in [0.15, 0.2) is 0 Å². The van der Waals surface area contributed by atoms with E-state index in [0.29, 0.717) is 6.42 Å². The zero-order valence-corrected chi connectivity index (χ0v) is 12.9. The fraction of sp³-hybridized carbons (Fsp3) is 0.235. The number of amides is 1. The predicted molar refractivity (Wildman–Crippen MR) is 87.0 cm³/mol. The van der Waals surface area contributed by atoms with E-state index in [-0.39, 0.29) is 11.8 Å². The van der Waals surface area contributed by atoms with Gasteiger partial charge in [-0.2, -0.15) is 0 Å². The number of hydrogen-bond donors (Lipinski definition) is 1. The second-order valence-electron chi connectivity index (χ2n) is 5.35. The van der Waals surface area contributed by atoms with Gasteiger partial charge in [-0.25, -0.2) is 0 Å². The topological polar surface area (TPSA) is 29.1 Å². The molecule has 108 valence electrons. The number of rotatable bonds is 4. The Morgan fingerprint density at radius 3 is 2.29 bits per heavy atom. The van der Waals surface area contributed by atoms with Gasteiger partial charge in [0.1, 0.15) is 4.33 Å². The number of hydrogen-bond acceptors (Lipinski definition) is 1. The molecule has 0 aliphatic heterocycles. The van der Waals surface area contributed by atoms with Crippen molar-refractivity contribution in [3.8, 4) is 0 Å². The third kappa shape index (κ3) is 3.58. The molecule has 1 aliphatic carbocycles. The average Bonchev–Trinajstić information content (AvgIpc) is 3.09. The van der Waals surface area contributed by atoms with Gasteiger partial charge in [0.05, 0.1) is 6.42 Å². The molecule has 2 nitrogen and oxygen atoms in total. The highest BCUT2D eigenvalue weighted by atomic mass is 35.5. The summed E-state index contributed by atoms with van der Waals surface area (Å²) in [5.74, 6) is 0.180. The highest BCUT2D eigenvalue weighted by Crippen LogP contribution is 2.59. The molecule has 0 radical (unpaired) electrons. The van der Waals surface area contributed by atoms with Gasteiger partial charge in [0.25, 0.3) is 0 Å². The fourth-order valence-corrected chi connectivity index (χ4v) is 2.92. The third-order valence-corrected chi connectivity index (χ3v) is 4.47. The van der Waals surface area contributed by atoms with E-state index < -0.39 is 4.33 Å².